The summed E-state index contributed by atoms with van der Waals surface area (Å²) in [5, 5.41) is 10.5. The molecule has 150 valence electrons. The number of rotatable bonds is 7. The summed E-state index contributed by atoms with van der Waals surface area (Å²) in [5.74, 6) is 0. The maximum Gasteiger partial charge on any atom is 0.324 e. The van der Waals surface area contributed by atoms with Gasteiger partial charge in [0.15, 0.2) is 0 Å². The van der Waals surface area contributed by atoms with Crippen LogP contribution in [-0.4, -0.2) is 80.2 Å². The fourth-order valence-electron chi connectivity index (χ4n) is 3.94. The van der Waals surface area contributed by atoms with Crippen LogP contribution >= 0.6 is 23.2 Å². The Labute approximate surface area is 171 Å². The quantitative estimate of drug-likeness (QED) is 0.472. The third kappa shape index (κ3) is 4.67. The van der Waals surface area contributed by atoms with Gasteiger partial charge in [0, 0.05) is 25.2 Å². The van der Waals surface area contributed by atoms with Gasteiger partial charge < -0.3 is 10.2 Å². The number of halogens is 2. The van der Waals surface area contributed by atoms with E-state index in [0.717, 1.165) is 43.6 Å². The van der Waals surface area contributed by atoms with Crippen molar-refractivity contribution < 1.29 is 9.28 Å². The van der Waals surface area contributed by atoms with Gasteiger partial charge in [0.2, 0.25) is 6.29 Å². The lowest BCUT2D eigenvalue weighted by Gasteiger charge is -2.63. The fourth-order valence-corrected chi connectivity index (χ4v) is 4.24. The van der Waals surface area contributed by atoms with Gasteiger partial charge in [-0.2, -0.15) is 4.90 Å². The summed E-state index contributed by atoms with van der Waals surface area (Å²) in [6.07, 6.45) is 2.54. The summed E-state index contributed by atoms with van der Waals surface area (Å²) in [7, 11) is 6.38. The molecule has 3 aliphatic rings. The predicted molar refractivity (Wildman–Crippen MR) is 110 cm³/mol. The number of quaternary nitrogens is 1. The van der Waals surface area contributed by atoms with E-state index >= 15 is 0 Å². The lowest BCUT2D eigenvalue weighted by atomic mass is 10.1. The summed E-state index contributed by atoms with van der Waals surface area (Å²) in [4.78, 5) is 17.0. The highest BCUT2D eigenvalue weighted by molar-refractivity contribution is 6.42. The van der Waals surface area contributed by atoms with Crippen LogP contribution in [0.25, 0.3) is 0 Å². The van der Waals surface area contributed by atoms with Crippen LogP contribution in [0.3, 0.4) is 0 Å². The average molecular weight is 416 g/mol. The number of anilines is 1. The Hall–Kier alpha value is -1.09. The molecule has 0 radical (unpaired) electrons. The van der Waals surface area contributed by atoms with Gasteiger partial charge in [-0.15, -0.1) is 0 Å². The third-order valence-corrected chi connectivity index (χ3v) is 6.13. The van der Waals surface area contributed by atoms with Crippen LogP contribution < -0.4 is 16.0 Å². The molecule has 7 nitrogen and oxygen atoms in total. The molecule has 4 rings (SSSR count). The Balaban J connectivity index is 1.53. The van der Waals surface area contributed by atoms with Gasteiger partial charge in [0.1, 0.15) is 12.8 Å². The zero-order valence-corrected chi connectivity index (χ0v) is 17.6. The van der Waals surface area contributed by atoms with Crippen molar-refractivity contribution in [3.05, 3.63) is 28.2 Å². The first-order valence-corrected chi connectivity index (χ1v) is 10.0. The van der Waals surface area contributed by atoms with Crippen LogP contribution in [0, 0.1) is 0 Å². The van der Waals surface area contributed by atoms with E-state index in [-0.39, 0.29) is 12.3 Å². The minimum absolute atomic E-state index is 0.0205. The molecule has 1 aromatic rings. The minimum atomic E-state index is -0.235. The second-order valence-electron chi connectivity index (χ2n) is 7.82. The lowest BCUT2D eigenvalue weighted by Crippen LogP contribution is -2.87. The van der Waals surface area contributed by atoms with E-state index in [1.165, 1.54) is 0 Å². The number of benzene rings is 1. The monoisotopic (exact) mass is 415 g/mol. The molecular weight excluding hydrogens is 387 g/mol. The predicted octanol–water partition coefficient (Wildman–Crippen LogP) is 2.39. The van der Waals surface area contributed by atoms with Gasteiger partial charge in [-0.1, -0.05) is 23.2 Å². The number of nitrogens with one attached hydrogen (secondary N) is 3. The molecule has 2 amide bonds. The standard InChI is InChI=1S/C18H28Cl2N6O/c1-24(2)9-4-8-21-16-7-10-25-12-26(16,3)18(25)23-17(27)22-13-5-6-14(19)15(20)11-13/h5-6,11,16,18,21H,4,7-10,12H2,1-3H3,(H-,22,23,27)/p+1. The van der Waals surface area contributed by atoms with Crippen molar-refractivity contribution >= 4 is 34.9 Å². The first-order valence-electron chi connectivity index (χ1n) is 9.29. The van der Waals surface area contributed by atoms with Crippen molar-refractivity contribution in [3.8, 4) is 0 Å². The van der Waals surface area contributed by atoms with Crippen LogP contribution in [0.15, 0.2) is 18.2 Å². The number of nitrogens with zero attached hydrogens (tertiary/aromatic N) is 3. The molecule has 0 spiro atoms. The Morgan fingerprint density at radius 2 is 2.11 bits per heavy atom. The highest BCUT2D eigenvalue weighted by Gasteiger charge is 2.58. The number of carbonyl (C=O) groups excluding carboxylic acids is 1. The van der Waals surface area contributed by atoms with E-state index in [4.69, 9.17) is 23.2 Å². The molecule has 9 heteroatoms. The topological polar surface area (TPSA) is 59.6 Å². The zero-order valence-electron chi connectivity index (χ0n) is 16.1. The van der Waals surface area contributed by atoms with Gasteiger partial charge in [0.25, 0.3) is 0 Å². The van der Waals surface area contributed by atoms with Crippen molar-refractivity contribution in [1.29, 1.82) is 0 Å². The number of hydrogen-bond donors (Lipinski definition) is 3. The average Bonchev–Trinajstić information content (AvgIpc) is 2.60. The third-order valence-electron chi connectivity index (χ3n) is 5.39. The normalized spacial score (nSPS) is 29.3. The van der Waals surface area contributed by atoms with E-state index in [1.807, 2.05) is 0 Å². The van der Waals surface area contributed by atoms with Gasteiger partial charge in [-0.3, -0.25) is 15.1 Å². The molecule has 2 bridgehead atoms. The smallest absolute Gasteiger partial charge is 0.309 e. The van der Waals surface area contributed by atoms with Crippen LogP contribution in [0.2, 0.25) is 10.0 Å². The highest BCUT2D eigenvalue weighted by Crippen LogP contribution is 2.34. The van der Waals surface area contributed by atoms with Crippen molar-refractivity contribution in [2.45, 2.75) is 25.3 Å². The number of amides is 2. The molecule has 0 aromatic heterocycles. The molecule has 4 atom stereocenters. The van der Waals surface area contributed by atoms with Gasteiger partial charge in [-0.05, 0) is 45.3 Å². The van der Waals surface area contributed by atoms with Crippen LogP contribution in [0.5, 0.6) is 0 Å². The van der Waals surface area contributed by atoms with Crippen LogP contribution in [0.1, 0.15) is 12.8 Å². The molecular formula is C18H29Cl2N6O+. The molecule has 0 saturated carbocycles. The first kappa shape index (κ1) is 20.6. The Kier molecular flexibility index (Phi) is 6.50. The van der Waals surface area contributed by atoms with E-state index in [0.29, 0.717) is 21.9 Å². The summed E-state index contributed by atoms with van der Waals surface area (Å²) >= 11 is 11.9. The van der Waals surface area contributed by atoms with Crippen LogP contribution in [0.4, 0.5) is 10.5 Å². The first-order chi connectivity index (χ1) is 12.8. The largest absolute Gasteiger partial charge is 0.324 e. The molecule has 3 heterocycles. The van der Waals surface area contributed by atoms with E-state index in [2.05, 4.69) is 46.9 Å². The minimum Gasteiger partial charge on any atom is -0.309 e. The van der Waals surface area contributed by atoms with E-state index < -0.39 is 0 Å². The second kappa shape index (κ2) is 8.51. The molecule has 0 aliphatic carbocycles. The van der Waals surface area contributed by atoms with Crippen LogP contribution in [-0.2, 0) is 0 Å². The maximum atomic E-state index is 12.5. The SMILES string of the molecule is CN(C)CCCNC1CCN2C[N+]1(C)C2NC(=O)Nc1ccc(Cl)c(Cl)c1. The van der Waals surface area contributed by atoms with Crippen molar-refractivity contribution in [2.75, 3.05) is 52.8 Å². The summed E-state index contributed by atoms with van der Waals surface area (Å²) < 4.78 is 0.788. The summed E-state index contributed by atoms with van der Waals surface area (Å²) in [6, 6.07) is 4.82. The van der Waals surface area contributed by atoms with Gasteiger partial charge in [0.05, 0.1) is 17.1 Å². The molecule has 3 N–H and O–H groups in total. The molecule has 27 heavy (non-hydrogen) atoms. The van der Waals surface area contributed by atoms with E-state index in [1.54, 1.807) is 18.2 Å². The van der Waals surface area contributed by atoms with Crippen molar-refractivity contribution in [1.82, 2.24) is 20.4 Å². The Morgan fingerprint density at radius 1 is 1.33 bits per heavy atom. The van der Waals surface area contributed by atoms with Crippen molar-refractivity contribution in [2.24, 2.45) is 0 Å². The Bertz CT molecular complexity index is 688. The number of fused-ring (bicyclic) bond motifs is 2. The molecule has 3 aliphatic heterocycles. The lowest BCUT2D eigenvalue weighted by molar-refractivity contribution is -1.04. The summed E-state index contributed by atoms with van der Waals surface area (Å²) in [6.45, 7) is 3.99. The number of urea groups is 1. The molecule has 3 saturated heterocycles. The van der Waals surface area contributed by atoms with Gasteiger partial charge >= 0.3 is 6.03 Å². The van der Waals surface area contributed by atoms with E-state index in [9.17, 15) is 4.79 Å². The zero-order chi connectivity index (χ0) is 19.6. The van der Waals surface area contributed by atoms with Gasteiger partial charge in [-0.25, -0.2) is 4.79 Å². The molecule has 4 unspecified atom stereocenters. The molecule has 3 fully saturated rings. The maximum absolute atomic E-state index is 12.5. The summed E-state index contributed by atoms with van der Waals surface area (Å²) in [5.41, 5.74) is 0.623. The number of hydrogen-bond acceptors (Lipinski definition) is 4. The molecule has 1 aromatic carbocycles. The van der Waals surface area contributed by atoms with Crippen molar-refractivity contribution in [3.63, 3.8) is 0 Å². The second-order valence-corrected chi connectivity index (χ2v) is 8.63. The Morgan fingerprint density at radius 3 is 2.81 bits per heavy atom. The number of carbonyl (C=O) groups is 1. The fraction of sp³-hybridized carbons (Fsp3) is 0.611. The highest BCUT2D eigenvalue weighted by atomic mass is 35.5.